The Bertz CT molecular complexity index is 1730. The molecular weight excluding hydrogens is 1090 g/mol. The molecule has 0 aromatic rings. The number of phosphoric acid groups is 1. The minimum Gasteiger partial charge on any atom is -0.462 e. The highest BCUT2D eigenvalue weighted by Gasteiger charge is 2.26. The molecule has 0 aromatic heterocycles. The lowest BCUT2D eigenvalue weighted by Crippen LogP contribution is -2.29. The van der Waals surface area contributed by atoms with Crippen LogP contribution in [0.25, 0.3) is 0 Å². The summed E-state index contributed by atoms with van der Waals surface area (Å²) in [7, 11) is -4.40. The smallest absolute Gasteiger partial charge is 0.462 e. The molecule has 3 N–H and O–H groups in total. The number of carbonyl (C=O) groups excluding carboxylic acids is 2. The molecule has 2 unspecified atom stereocenters. The van der Waals surface area contributed by atoms with Crippen LogP contribution in [0.5, 0.6) is 0 Å². The van der Waals surface area contributed by atoms with Gasteiger partial charge in [-0.25, -0.2) is 4.57 Å². The molecule has 86 heavy (non-hydrogen) atoms. The third-order valence-corrected chi connectivity index (χ3v) is 16.7. The molecule has 0 fully saturated rings. The maximum atomic E-state index is 12.8. The van der Waals surface area contributed by atoms with Crippen LogP contribution in [0.1, 0.15) is 341 Å². The Morgan fingerprint density at radius 2 is 0.640 bits per heavy atom. The minimum absolute atomic E-state index is 0.0492. The fraction of sp³-hybridized carbons (Fsp3) is 0.763. The van der Waals surface area contributed by atoms with Crippen LogP contribution in [-0.2, 0) is 32.7 Å². The first-order valence-corrected chi connectivity index (χ1v) is 37.7. The number of ether oxygens (including phenoxy) is 2. The molecular formula is C76H136NO8P. The second-order valence-corrected chi connectivity index (χ2v) is 25.5. The van der Waals surface area contributed by atoms with Gasteiger partial charge in [-0.2, -0.15) is 0 Å². The summed E-state index contributed by atoms with van der Waals surface area (Å²) in [5.74, 6) is -0.828. The van der Waals surface area contributed by atoms with Crippen LogP contribution in [-0.4, -0.2) is 49.3 Å². The van der Waals surface area contributed by atoms with Crippen molar-refractivity contribution >= 4 is 19.8 Å². The van der Waals surface area contributed by atoms with E-state index in [1.807, 2.05) is 0 Å². The summed E-state index contributed by atoms with van der Waals surface area (Å²) in [6.45, 7) is 3.67. The lowest BCUT2D eigenvalue weighted by atomic mass is 10.0. The number of unbranched alkanes of at least 4 members (excludes halogenated alkanes) is 39. The van der Waals surface area contributed by atoms with Crippen LogP contribution in [0.3, 0.4) is 0 Å². The van der Waals surface area contributed by atoms with Gasteiger partial charge in [0.05, 0.1) is 13.2 Å². The Labute approximate surface area is 531 Å². The highest BCUT2D eigenvalue weighted by atomic mass is 31.2. The molecule has 10 heteroatoms. The van der Waals surface area contributed by atoms with Gasteiger partial charge in [-0.1, -0.05) is 349 Å². The Morgan fingerprint density at radius 1 is 0.360 bits per heavy atom. The van der Waals surface area contributed by atoms with Crippen LogP contribution < -0.4 is 5.73 Å². The number of hydrogen-bond donors (Lipinski definition) is 2. The summed E-state index contributed by atoms with van der Waals surface area (Å²) in [6, 6.07) is 0. The molecule has 9 nitrogen and oxygen atoms in total. The number of hydrogen-bond acceptors (Lipinski definition) is 8. The zero-order valence-corrected chi connectivity index (χ0v) is 56.9. The van der Waals surface area contributed by atoms with Gasteiger partial charge < -0.3 is 20.1 Å². The first-order chi connectivity index (χ1) is 42.3. The van der Waals surface area contributed by atoms with Crippen molar-refractivity contribution < 1.29 is 37.6 Å². The summed E-state index contributed by atoms with van der Waals surface area (Å²) < 4.78 is 33.2. The number of phosphoric ester groups is 1. The highest BCUT2D eigenvalue weighted by Crippen LogP contribution is 2.43. The van der Waals surface area contributed by atoms with Crippen molar-refractivity contribution in [2.45, 2.75) is 347 Å². The number of esters is 2. The maximum absolute atomic E-state index is 12.8. The van der Waals surface area contributed by atoms with Crippen molar-refractivity contribution in [2.75, 3.05) is 26.4 Å². The molecule has 0 saturated carbocycles. The topological polar surface area (TPSA) is 134 Å². The maximum Gasteiger partial charge on any atom is 0.472 e. The van der Waals surface area contributed by atoms with E-state index in [2.05, 4.69) is 111 Å². The minimum atomic E-state index is -4.40. The van der Waals surface area contributed by atoms with E-state index in [4.69, 9.17) is 24.3 Å². The van der Waals surface area contributed by atoms with E-state index in [0.29, 0.717) is 6.42 Å². The summed E-state index contributed by atoms with van der Waals surface area (Å²) in [4.78, 5) is 35.4. The zero-order valence-electron chi connectivity index (χ0n) is 56.0. The molecule has 0 aliphatic carbocycles. The van der Waals surface area contributed by atoms with Gasteiger partial charge in [-0.3, -0.25) is 18.6 Å². The molecule has 0 amide bonds. The predicted octanol–water partition coefficient (Wildman–Crippen LogP) is 23.9. The Balaban J connectivity index is 3.89. The molecule has 0 heterocycles. The lowest BCUT2D eigenvalue weighted by molar-refractivity contribution is -0.161. The van der Waals surface area contributed by atoms with Crippen LogP contribution in [0, 0.1) is 0 Å². The summed E-state index contributed by atoms with van der Waals surface area (Å²) in [5.41, 5.74) is 5.40. The predicted molar refractivity (Wildman–Crippen MR) is 372 cm³/mol. The third kappa shape index (κ3) is 70.0. The summed E-state index contributed by atoms with van der Waals surface area (Å²) in [5, 5.41) is 0. The first-order valence-electron chi connectivity index (χ1n) is 36.2. The summed E-state index contributed by atoms with van der Waals surface area (Å²) >= 11 is 0. The third-order valence-electron chi connectivity index (χ3n) is 15.7. The van der Waals surface area contributed by atoms with E-state index in [1.165, 1.54) is 212 Å². The molecule has 0 radical (unpaired) electrons. The van der Waals surface area contributed by atoms with Gasteiger partial charge in [-0.15, -0.1) is 0 Å². The van der Waals surface area contributed by atoms with E-state index < -0.39 is 26.5 Å². The van der Waals surface area contributed by atoms with Crippen LogP contribution in [0.4, 0.5) is 0 Å². The van der Waals surface area contributed by atoms with Crippen molar-refractivity contribution in [2.24, 2.45) is 5.73 Å². The zero-order chi connectivity index (χ0) is 62.3. The van der Waals surface area contributed by atoms with Gasteiger partial charge in [0.15, 0.2) is 6.10 Å². The average Bonchev–Trinajstić information content (AvgIpc) is 3.58. The van der Waals surface area contributed by atoms with Crippen molar-refractivity contribution in [1.29, 1.82) is 0 Å². The van der Waals surface area contributed by atoms with Gasteiger partial charge in [0.25, 0.3) is 0 Å². The van der Waals surface area contributed by atoms with Crippen molar-refractivity contribution in [3.63, 3.8) is 0 Å². The molecule has 498 valence electrons. The van der Waals surface area contributed by atoms with Gasteiger partial charge in [-0.05, 0) is 77.0 Å². The van der Waals surface area contributed by atoms with E-state index >= 15 is 0 Å². The standard InChI is InChI=1S/C76H136NO8P/c1-3-5-7-9-11-13-15-17-19-21-23-25-27-29-31-33-35-37-39-41-43-45-47-49-51-53-55-57-59-61-63-65-67-69-76(79)85-74(73-84-86(80,81)83-71-70-77)72-82-75(78)68-66-64-62-60-58-56-54-52-50-48-46-44-42-40-38-36-34-32-30-28-26-24-22-20-18-16-14-12-10-8-6-4-2/h5,7,11,13,17,19,23,25,29,31,35,37,41,43,47,49,74H,3-4,6,8-10,12,14-16,18,20-22,24,26-28,30,32-34,36,38-40,42,44-46,48,50-73,77H2,1-2H3,(H,80,81)/b7-5-,13-11-,19-17-,25-23-,31-29-,37-35-,43-41-,49-47-. The second-order valence-electron chi connectivity index (χ2n) is 24.1. The van der Waals surface area contributed by atoms with E-state index in [1.54, 1.807) is 0 Å². The first kappa shape index (κ1) is 82.9. The van der Waals surface area contributed by atoms with Crippen molar-refractivity contribution in [1.82, 2.24) is 0 Å². The number of allylic oxidation sites excluding steroid dienone is 16. The molecule has 0 aromatic carbocycles. The van der Waals surface area contributed by atoms with Gasteiger partial charge in [0.1, 0.15) is 6.61 Å². The lowest BCUT2D eigenvalue weighted by Gasteiger charge is -2.19. The van der Waals surface area contributed by atoms with Gasteiger partial charge in [0.2, 0.25) is 0 Å². The quantitative estimate of drug-likeness (QED) is 0.0264. The molecule has 0 spiro atoms. The molecule has 0 aliphatic heterocycles. The molecule has 0 bridgehead atoms. The molecule has 2 atom stereocenters. The Morgan fingerprint density at radius 3 is 0.953 bits per heavy atom. The van der Waals surface area contributed by atoms with E-state index in [-0.39, 0.29) is 38.6 Å². The normalized spacial score (nSPS) is 13.5. The van der Waals surface area contributed by atoms with Crippen LogP contribution in [0.15, 0.2) is 97.2 Å². The van der Waals surface area contributed by atoms with Crippen molar-refractivity contribution in [3.05, 3.63) is 97.2 Å². The van der Waals surface area contributed by atoms with Crippen LogP contribution in [0.2, 0.25) is 0 Å². The summed E-state index contributed by atoms with van der Waals surface area (Å²) in [6.07, 6.45) is 96.5. The Hall–Kier alpha value is -3.07. The van der Waals surface area contributed by atoms with Crippen LogP contribution >= 0.6 is 7.82 Å². The number of rotatable bonds is 68. The fourth-order valence-electron chi connectivity index (χ4n) is 10.4. The second kappa shape index (κ2) is 71.0. The molecule has 0 rings (SSSR count). The monoisotopic (exact) mass is 1220 g/mol. The fourth-order valence-corrected chi connectivity index (χ4v) is 11.2. The molecule has 0 saturated heterocycles. The van der Waals surface area contributed by atoms with E-state index in [9.17, 15) is 19.0 Å². The SMILES string of the molecule is CC/C=C\C/C=C\C/C=C\C/C=C\C/C=C\C/C=C\C/C=C\C/C=C\CCCCCCCCCCC(=O)OC(COC(=O)CCCCCCCCCCCCCCCCCCCCCCCCCCCCCCCCCC)COP(=O)(O)OCCN. The molecule has 0 aliphatic rings. The number of carbonyl (C=O) groups is 2. The van der Waals surface area contributed by atoms with Gasteiger partial charge >= 0.3 is 19.8 Å². The average molecular weight is 1220 g/mol. The van der Waals surface area contributed by atoms with E-state index in [0.717, 1.165) is 96.3 Å². The van der Waals surface area contributed by atoms with Crippen molar-refractivity contribution in [3.8, 4) is 0 Å². The number of nitrogens with two attached hydrogens (primary N) is 1. The van der Waals surface area contributed by atoms with Gasteiger partial charge in [0, 0.05) is 19.4 Å². The Kier molecular flexibility index (Phi) is 68.5. The highest BCUT2D eigenvalue weighted by molar-refractivity contribution is 7.47. The largest absolute Gasteiger partial charge is 0.472 e.